The van der Waals surface area contributed by atoms with Crippen LogP contribution in [0.2, 0.25) is 0 Å². The van der Waals surface area contributed by atoms with Crippen LogP contribution < -0.4 is 0 Å². The van der Waals surface area contributed by atoms with Gasteiger partial charge in [-0.3, -0.25) is 0 Å². The van der Waals surface area contributed by atoms with Crippen molar-refractivity contribution in [1.29, 1.82) is 0 Å². The van der Waals surface area contributed by atoms with E-state index in [0.29, 0.717) is 0 Å². The Kier molecular flexibility index (Phi) is 2.70. The molecule has 1 heterocycles. The zero-order valence-electron chi connectivity index (χ0n) is 11.7. The van der Waals surface area contributed by atoms with E-state index in [0.717, 1.165) is 0 Å². The van der Waals surface area contributed by atoms with Crippen molar-refractivity contribution in [3.63, 3.8) is 0 Å². The quantitative estimate of drug-likeness (QED) is 0.550. The summed E-state index contributed by atoms with van der Waals surface area (Å²) in [5.74, 6) is 0. The molecule has 3 rings (SSSR count). The van der Waals surface area contributed by atoms with E-state index in [-0.39, 0.29) is 5.41 Å². The van der Waals surface area contributed by atoms with Crippen molar-refractivity contribution in [1.82, 2.24) is 4.57 Å². The third-order valence-electron chi connectivity index (χ3n) is 3.34. The molecule has 3 aromatic rings. The van der Waals surface area contributed by atoms with Crippen LogP contribution in [-0.4, -0.2) is 4.57 Å². The summed E-state index contributed by atoms with van der Waals surface area (Å²) in [5, 5.41) is 2.63. The summed E-state index contributed by atoms with van der Waals surface area (Å²) >= 11 is 0. The highest BCUT2D eigenvalue weighted by Crippen LogP contribution is 2.29. The molecular weight excluding hydrogens is 230 g/mol. The Bertz CT molecular complexity index is 701. The van der Waals surface area contributed by atoms with Gasteiger partial charge in [-0.05, 0) is 17.5 Å². The average Bonchev–Trinajstić information content (AvgIpc) is 2.70. The second-order valence-electron chi connectivity index (χ2n) is 6.09. The van der Waals surface area contributed by atoms with Gasteiger partial charge in [0.05, 0.1) is 11.0 Å². The number of aromatic nitrogens is 1. The molecule has 96 valence electrons. The van der Waals surface area contributed by atoms with Crippen molar-refractivity contribution in [2.45, 2.75) is 20.8 Å². The lowest BCUT2D eigenvalue weighted by Crippen LogP contribution is -1.99. The Morgan fingerprint density at radius 1 is 0.789 bits per heavy atom. The maximum absolute atomic E-state index is 2.29. The minimum absolute atomic E-state index is 0.187. The van der Waals surface area contributed by atoms with Crippen LogP contribution in [-0.2, 0) is 0 Å². The molecule has 2 aromatic carbocycles. The van der Waals surface area contributed by atoms with E-state index >= 15 is 0 Å². The normalized spacial score (nSPS) is 12.8. The number of para-hydroxylation sites is 2. The number of benzene rings is 2. The smallest absolute Gasteiger partial charge is 0.0534 e. The fourth-order valence-electron chi connectivity index (χ4n) is 2.41. The summed E-state index contributed by atoms with van der Waals surface area (Å²) in [6.45, 7) is 6.66. The maximum atomic E-state index is 2.29. The number of hydrogen-bond acceptors (Lipinski definition) is 0. The molecule has 1 nitrogen and oxygen atoms in total. The van der Waals surface area contributed by atoms with Gasteiger partial charge in [0.15, 0.2) is 0 Å². The maximum Gasteiger partial charge on any atom is 0.0534 e. The molecule has 0 N–H and O–H groups in total. The molecule has 0 amide bonds. The van der Waals surface area contributed by atoms with Crippen molar-refractivity contribution >= 4 is 28.0 Å². The van der Waals surface area contributed by atoms with Gasteiger partial charge in [0.1, 0.15) is 0 Å². The van der Waals surface area contributed by atoms with Crippen LogP contribution in [0.5, 0.6) is 0 Å². The molecule has 0 aliphatic heterocycles. The molecule has 1 heteroatoms. The molecule has 0 unspecified atom stereocenters. The molecular formula is C18H19N. The lowest BCUT2D eigenvalue weighted by atomic mass is 9.97. The van der Waals surface area contributed by atoms with Crippen molar-refractivity contribution in [2.75, 3.05) is 0 Å². The predicted molar refractivity (Wildman–Crippen MR) is 84.2 cm³/mol. The summed E-state index contributed by atoms with van der Waals surface area (Å²) < 4.78 is 2.29. The van der Waals surface area contributed by atoms with E-state index in [1.807, 2.05) is 0 Å². The fraction of sp³-hybridized carbons (Fsp3) is 0.222. The van der Waals surface area contributed by atoms with Crippen LogP contribution in [0.1, 0.15) is 20.8 Å². The van der Waals surface area contributed by atoms with Gasteiger partial charge >= 0.3 is 0 Å². The second kappa shape index (κ2) is 4.27. The Morgan fingerprint density at radius 3 is 1.74 bits per heavy atom. The zero-order valence-corrected chi connectivity index (χ0v) is 11.7. The molecule has 0 bridgehead atoms. The lowest BCUT2D eigenvalue weighted by molar-refractivity contribution is 0.546. The van der Waals surface area contributed by atoms with Gasteiger partial charge in [-0.15, -0.1) is 0 Å². The number of rotatable bonds is 1. The summed E-state index contributed by atoms with van der Waals surface area (Å²) in [5.41, 5.74) is 2.72. The van der Waals surface area contributed by atoms with Gasteiger partial charge in [-0.1, -0.05) is 63.2 Å². The van der Waals surface area contributed by atoms with E-state index in [1.54, 1.807) is 0 Å². The molecule has 0 spiro atoms. The van der Waals surface area contributed by atoms with Gasteiger partial charge in [-0.2, -0.15) is 0 Å². The Hall–Kier alpha value is -2.02. The summed E-state index contributed by atoms with van der Waals surface area (Å²) in [6.07, 6.45) is 4.45. The molecule has 0 radical (unpaired) electrons. The number of nitrogens with zero attached hydrogens (tertiary/aromatic N) is 1. The van der Waals surface area contributed by atoms with Crippen molar-refractivity contribution in [3.05, 3.63) is 54.6 Å². The van der Waals surface area contributed by atoms with Gasteiger partial charge < -0.3 is 4.57 Å². The lowest BCUT2D eigenvalue weighted by Gasteiger charge is -2.11. The van der Waals surface area contributed by atoms with E-state index < -0.39 is 0 Å². The molecule has 0 aliphatic rings. The Morgan fingerprint density at radius 2 is 1.26 bits per heavy atom. The largest absolute Gasteiger partial charge is 0.316 e. The molecule has 0 saturated heterocycles. The van der Waals surface area contributed by atoms with Crippen LogP contribution >= 0.6 is 0 Å². The van der Waals surface area contributed by atoms with Gasteiger partial charge in [0.25, 0.3) is 0 Å². The van der Waals surface area contributed by atoms with Crippen LogP contribution in [0, 0.1) is 5.41 Å². The number of hydrogen-bond donors (Lipinski definition) is 0. The third kappa shape index (κ3) is 2.17. The first-order chi connectivity index (χ1) is 9.06. The average molecular weight is 249 g/mol. The van der Waals surface area contributed by atoms with Crippen LogP contribution in [0.4, 0.5) is 0 Å². The van der Waals surface area contributed by atoms with Gasteiger partial charge in [-0.25, -0.2) is 0 Å². The number of allylic oxidation sites excluding steroid dienone is 1. The first kappa shape index (κ1) is 12.0. The predicted octanol–water partition coefficient (Wildman–Crippen LogP) is 5.31. The van der Waals surface area contributed by atoms with Crippen molar-refractivity contribution in [3.8, 4) is 0 Å². The highest BCUT2D eigenvalue weighted by atomic mass is 15.0. The topological polar surface area (TPSA) is 4.93 Å². The summed E-state index contributed by atoms with van der Waals surface area (Å²) in [4.78, 5) is 0. The van der Waals surface area contributed by atoms with E-state index in [2.05, 4.69) is 86.1 Å². The second-order valence-corrected chi connectivity index (χ2v) is 6.09. The van der Waals surface area contributed by atoms with Gasteiger partial charge in [0.2, 0.25) is 0 Å². The van der Waals surface area contributed by atoms with Crippen molar-refractivity contribution < 1.29 is 0 Å². The standard InChI is InChI=1S/C18H19N/c1-18(2,3)12-13-19-16-10-6-4-8-14(16)15-9-5-7-11-17(15)19/h4-13H,1-3H3/b13-12+. The number of fused-ring (bicyclic) bond motifs is 3. The summed E-state index contributed by atoms with van der Waals surface area (Å²) in [6, 6.07) is 17.2. The van der Waals surface area contributed by atoms with E-state index in [1.165, 1.54) is 21.8 Å². The third-order valence-corrected chi connectivity index (χ3v) is 3.34. The monoisotopic (exact) mass is 249 g/mol. The molecule has 1 aromatic heterocycles. The Balaban J connectivity index is 2.34. The molecule has 0 fully saturated rings. The summed E-state index contributed by atoms with van der Waals surface area (Å²) in [7, 11) is 0. The SMILES string of the molecule is CC(C)(C)/C=C/n1c2ccccc2c2ccccc21. The molecule has 19 heavy (non-hydrogen) atoms. The minimum atomic E-state index is 0.187. The van der Waals surface area contributed by atoms with Gasteiger partial charge in [0, 0.05) is 17.0 Å². The molecule has 0 aliphatic carbocycles. The van der Waals surface area contributed by atoms with E-state index in [9.17, 15) is 0 Å². The zero-order chi connectivity index (χ0) is 13.5. The first-order valence-corrected chi connectivity index (χ1v) is 6.73. The van der Waals surface area contributed by atoms with Crippen LogP contribution in [0.3, 0.4) is 0 Å². The minimum Gasteiger partial charge on any atom is -0.316 e. The Labute approximate surface area is 114 Å². The van der Waals surface area contributed by atoms with Crippen molar-refractivity contribution in [2.24, 2.45) is 5.41 Å². The molecule has 0 saturated carbocycles. The van der Waals surface area contributed by atoms with Crippen LogP contribution in [0.15, 0.2) is 54.6 Å². The molecule has 0 atom stereocenters. The van der Waals surface area contributed by atoms with E-state index in [4.69, 9.17) is 0 Å². The highest BCUT2D eigenvalue weighted by molar-refractivity contribution is 6.09. The highest BCUT2D eigenvalue weighted by Gasteiger charge is 2.09. The first-order valence-electron chi connectivity index (χ1n) is 6.73. The van der Waals surface area contributed by atoms with Crippen LogP contribution in [0.25, 0.3) is 28.0 Å². The fourth-order valence-corrected chi connectivity index (χ4v) is 2.41.